The van der Waals surface area contributed by atoms with Crippen LogP contribution in [-0.4, -0.2) is 49.2 Å². The Hall–Kier alpha value is -3.33. The molecule has 166 valence electrons. The molecule has 0 amide bonds. The lowest BCUT2D eigenvalue weighted by Gasteiger charge is -2.22. The van der Waals surface area contributed by atoms with Gasteiger partial charge in [-0.3, -0.25) is 4.79 Å². The van der Waals surface area contributed by atoms with Crippen LogP contribution in [0.25, 0.3) is 16.5 Å². The van der Waals surface area contributed by atoms with Gasteiger partial charge in [-0.2, -0.15) is 0 Å². The molecule has 0 spiro atoms. The third-order valence-corrected chi connectivity index (χ3v) is 5.92. The number of carbonyl (C=O) groups is 1. The minimum absolute atomic E-state index is 0.241. The van der Waals surface area contributed by atoms with Crippen LogP contribution in [0.5, 0.6) is 23.0 Å². The van der Waals surface area contributed by atoms with Gasteiger partial charge < -0.3 is 29.2 Å². The number of hydrogen-bond acceptors (Lipinski definition) is 8. The zero-order chi connectivity index (χ0) is 22.7. The van der Waals surface area contributed by atoms with Crippen molar-refractivity contribution >= 4 is 23.2 Å². The van der Waals surface area contributed by atoms with Gasteiger partial charge in [0.2, 0.25) is 0 Å². The highest BCUT2D eigenvalue weighted by atomic mass is 32.1. The number of ketones is 1. The Labute approximate surface area is 189 Å². The van der Waals surface area contributed by atoms with Crippen molar-refractivity contribution in [3.63, 3.8) is 0 Å². The summed E-state index contributed by atoms with van der Waals surface area (Å²) in [6, 6.07) is 12.4. The van der Waals surface area contributed by atoms with Crippen molar-refractivity contribution in [2.75, 3.05) is 27.4 Å². The average Bonchev–Trinajstić information content (AvgIpc) is 3.49. The lowest BCUT2D eigenvalue weighted by atomic mass is 10.0. The summed E-state index contributed by atoms with van der Waals surface area (Å²) < 4.78 is 22.0. The van der Waals surface area contributed by atoms with E-state index >= 15 is 0 Å². The monoisotopic (exact) mass is 454 g/mol. The molecule has 0 atom stereocenters. The van der Waals surface area contributed by atoms with E-state index in [0.29, 0.717) is 28.6 Å². The summed E-state index contributed by atoms with van der Waals surface area (Å²) in [4.78, 5) is 13.8. The van der Waals surface area contributed by atoms with E-state index in [2.05, 4.69) is 0 Å². The molecule has 2 aromatic carbocycles. The maximum atomic E-state index is 12.8. The Balaban J connectivity index is 1.61. The lowest BCUT2D eigenvalue weighted by Crippen LogP contribution is -2.46. The van der Waals surface area contributed by atoms with E-state index in [1.165, 1.54) is 12.1 Å². The summed E-state index contributed by atoms with van der Waals surface area (Å²) in [5.41, 5.74) is 2.04. The second-order valence-electron chi connectivity index (χ2n) is 7.07. The van der Waals surface area contributed by atoms with E-state index in [9.17, 15) is 15.0 Å². The van der Waals surface area contributed by atoms with Gasteiger partial charge in [0, 0.05) is 16.0 Å². The highest BCUT2D eigenvalue weighted by molar-refractivity contribution is 7.13. The van der Waals surface area contributed by atoms with E-state index in [1.54, 1.807) is 49.8 Å². The minimum Gasteiger partial charge on any atom is -0.493 e. The number of benzene rings is 2. The Kier molecular flexibility index (Phi) is 6.18. The van der Waals surface area contributed by atoms with Gasteiger partial charge >= 0.3 is 0 Å². The van der Waals surface area contributed by atoms with Gasteiger partial charge in [-0.05, 0) is 53.4 Å². The predicted octanol–water partition coefficient (Wildman–Crippen LogP) is 3.78. The average molecular weight is 455 g/mol. The van der Waals surface area contributed by atoms with Crippen LogP contribution in [0.2, 0.25) is 0 Å². The zero-order valence-electron chi connectivity index (χ0n) is 17.5. The first-order valence-electron chi connectivity index (χ1n) is 9.78. The largest absolute Gasteiger partial charge is 0.493 e. The van der Waals surface area contributed by atoms with Gasteiger partial charge in [-0.15, -0.1) is 11.3 Å². The van der Waals surface area contributed by atoms with Crippen LogP contribution in [0.1, 0.15) is 15.9 Å². The van der Waals surface area contributed by atoms with Crippen LogP contribution in [-0.2, 0) is 0 Å². The molecule has 0 saturated carbocycles. The topological polar surface area (TPSA) is 94.5 Å². The number of thiophene rings is 1. The molecule has 0 aliphatic carbocycles. The molecular formula is C24H22O7S. The number of rotatable bonds is 8. The van der Waals surface area contributed by atoms with Crippen molar-refractivity contribution in [2.45, 2.75) is 5.79 Å². The van der Waals surface area contributed by atoms with Crippen LogP contribution in [0.3, 0.4) is 0 Å². The first kappa shape index (κ1) is 21.9. The second kappa shape index (κ2) is 9.04. The molecule has 3 aromatic rings. The lowest BCUT2D eigenvalue weighted by molar-refractivity contribution is -0.143. The normalized spacial score (nSPS) is 14.0. The van der Waals surface area contributed by atoms with Gasteiger partial charge in [0.25, 0.3) is 5.79 Å². The highest BCUT2D eigenvalue weighted by Crippen LogP contribution is 2.42. The van der Waals surface area contributed by atoms with Crippen LogP contribution >= 0.6 is 11.3 Å². The summed E-state index contributed by atoms with van der Waals surface area (Å²) in [5, 5.41) is 20.9. The number of ether oxygens (including phenoxy) is 4. The number of carbonyl (C=O) groups excluding carboxylic acids is 1. The summed E-state index contributed by atoms with van der Waals surface area (Å²) in [5.74, 6) is 0.0720. The first-order chi connectivity index (χ1) is 15.5. The van der Waals surface area contributed by atoms with Crippen molar-refractivity contribution in [3.05, 3.63) is 65.0 Å². The van der Waals surface area contributed by atoms with Crippen LogP contribution in [0, 0.1) is 0 Å². The second-order valence-corrected chi connectivity index (χ2v) is 8.02. The Morgan fingerprint density at radius 1 is 1.06 bits per heavy atom. The third kappa shape index (κ3) is 4.08. The van der Waals surface area contributed by atoms with Crippen LogP contribution in [0.15, 0.2) is 53.9 Å². The Morgan fingerprint density at radius 3 is 2.50 bits per heavy atom. The predicted molar refractivity (Wildman–Crippen MR) is 121 cm³/mol. The minimum atomic E-state index is -1.53. The molecule has 0 saturated heterocycles. The quantitative estimate of drug-likeness (QED) is 0.395. The molecule has 32 heavy (non-hydrogen) atoms. The molecule has 1 aromatic heterocycles. The van der Waals surface area contributed by atoms with E-state index in [0.717, 1.165) is 16.0 Å². The van der Waals surface area contributed by atoms with Crippen LogP contribution in [0.4, 0.5) is 0 Å². The van der Waals surface area contributed by atoms with Gasteiger partial charge in [0.1, 0.15) is 13.2 Å². The number of aliphatic hydroxyl groups is 2. The fourth-order valence-electron chi connectivity index (χ4n) is 3.39. The molecular weight excluding hydrogens is 432 g/mol. The van der Waals surface area contributed by atoms with Crippen molar-refractivity contribution in [3.8, 4) is 33.4 Å². The molecule has 0 unspecified atom stereocenters. The summed E-state index contributed by atoms with van der Waals surface area (Å²) in [7, 11) is 3.16. The SMILES string of the molecule is COc1cc(C=CC(=O)c2ccc3c(c2)OC(CO)(CO)O3)cc(-c2cccs2)c1OC. The molecule has 7 nitrogen and oxygen atoms in total. The number of fused-ring (bicyclic) bond motifs is 1. The molecule has 1 aliphatic heterocycles. The van der Waals surface area contributed by atoms with Crippen molar-refractivity contribution in [2.24, 2.45) is 0 Å². The fourth-order valence-corrected chi connectivity index (χ4v) is 4.13. The van der Waals surface area contributed by atoms with Crippen molar-refractivity contribution < 1.29 is 34.0 Å². The van der Waals surface area contributed by atoms with Crippen molar-refractivity contribution in [1.29, 1.82) is 0 Å². The van der Waals surface area contributed by atoms with E-state index < -0.39 is 19.0 Å². The number of methoxy groups -OCH3 is 2. The number of hydrogen-bond donors (Lipinski definition) is 2. The van der Waals surface area contributed by atoms with E-state index in [1.807, 2.05) is 23.6 Å². The van der Waals surface area contributed by atoms with Crippen LogP contribution < -0.4 is 18.9 Å². The number of aliphatic hydroxyl groups excluding tert-OH is 2. The highest BCUT2D eigenvalue weighted by Gasteiger charge is 2.40. The van der Waals surface area contributed by atoms with Gasteiger partial charge in [-0.1, -0.05) is 12.1 Å². The molecule has 2 N–H and O–H groups in total. The fraction of sp³-hybridized carbons (Fsp3) is 0.208. The summed E-state index contributed by atoms with van der Waals surface area (Å²) >= 11 is 1.58. The van der Waals surface area contributed by atoms with E-state index in [4.69, 9.17) is 18.9 Å². The Bertz CT molecular complexity index is 1150. The van der Waals surface area contributed by atoms with Crippen molar-refractivity contribution in [1.82, 2.24) is 0 Å². The van der Waals surface area contributed by atoms with Gasteiger partial charge in [0.05, 0.1) is 14.2 Å². The standard InChI is InChI=1S/C24H22O7S/c1-28-21-11-15(10-17(23(21)29-2)22-4-3-9-32-22)5-7-18(27)16-6-8-19-20(12-16)31-24(13-25,14-26)30-19/h3-12,25-26H,13-14H2,1-2H3. The van der Waals surface area contributed by atoms with Gasteiger partial charge in [-0.25, -0.2) is 0 Å². The van der Waals surface area contributed by atoms with E-state index in [-0.39, 0.29) is 5.78 Å². The molecule has 8 heteroatoms. The molecule has 2 heterocycles. The molecule has 0 bridgehead atoms. The molecule has 1 aliphatic rings. The Morgan fingerprint density at radius 2 is 1.84 bits per heavy atom. The number of allylic oxidation sites excluding steroid dienone is 1. The molecule has 0 radical (unpaired) electrons. The zero-order valence-corrected chi connectivity index (χ0v) is 18.3. The maximum Gasteiger partial charge on any atom is 0.297 e. The smallest absolute Gasteiger partial charge is 0.297 e. The molecule has 4 rings (SSSR count). The van der Waals surface area contributed by atoms with Gasteiger partial charge in [0.15, 0.2) is 28.8 Å². The summed E-state index contributed by atoms with van der Waals surface area (Å²) in [6.45, 7) is -1.04. The molecule has 0 fully saturated rings. The summed E-state index contributed by atoms with van der Waals surface area (Å²) in [6.07, 6.45) is 3.17. The third-order valence-electron chi connectivity index (χ3n) is 5.02. The first-order valence-corrected chi connectivity index (χ1v) is 10.7. The maximum absolute atomic E-state index is 12.8.